The second-order valence-electron chi connectivity index (χ2n) is 4.84. The van der Waals surface area contributed by atoms with E-state index in [1.165, 1.54) is 0 Å². The predicted octanol–water partition coefficient (Wildman–Crippen LogP) is 2.47. The third-order valence-electron chi connectivity index (χ3n) is 3.52. The molecule has 1 aromatic rings. The van der Waals surface area contributed by atoms with E-state index < -0.39 is 0 Å². The number of hydrogen-bond donors (Lipinski definition) is 1. The Morgan fingerprint density at radius 3 is 2.94 bits per heavy atom. The molecule has 18 heavy (non-hydrogen) atoms. The molecule has 0 radical (unpaired) electrons. The van der Waals surface area contributed by atoms with Crippen molar-refractivity contribution >= 4 is 17.5 Å². The molecule has 0 aliphatic carbocycles. The highest BCUT2D eigenvalue weighted by Gasteiger charge is 2.23. The van der Waals surface area contributed by atoms with Crippen molar-refractivity contribution < 1.29 is 4.79 Å². The first-order valence-electron chi connectivity index (χ1n) is 6.34. The normalized spacial score (nSPS) is 19.9. The maximum Gasteiger partial charge on any atom is 0.253 e. The zero-order valence-corrected chi connectivity index (χ0v) is 11.6. The van der Waals surface area contributed by atoms with Gasteiger partial charge in [-0.25, -0.2) is 0 Å². The fraction of sp³-hybridized carbons (Fsp3) is 0.500. The number of aryl methyl sites for hydroxylation is 1. The summed E-state index contributed by atoms with van der Waals surface area (Å²) >= 11 is 5.98. The standard InChI is InChI=1S/C14H19ClN2O/c1-10-8-11(5-6-13(10)15)14(18)17-7-3-4-12(9-17)16-2/h5-6,8,12,16H,3-4,7,9H2,1-2H3/t12-/m1/s1. The summed E-state index contributed by atoms with van der Waals surface area (Å²) in [5.74, 6) is 0.106. The van der Waals surface area contributed by atoms with Crippen LogP contribution in [0.2, 0.25) is 5.02 Å². The first-order chi connectivity index (χ1) is 8.61. The molecule has 1 amide bonds. The topological polar surface area (TPSA) is 32.3 Å². The number of likely N-dealkylation sites (N-methyl/N-ethyl adjacent to an activating group) is 1. The molecule has 1 aromatic carbocycles. The van der Waals surface area contributed by atoms with Crippen LogP contribution in [0.3, 0.4) is 0 Å². The maximum absolute atomic E-state index is 12.4. The van der Waals surface area contributed by atoms with Crippen molar-refractivity contribution in [3.05, 3.63) is 34.3 Å². The minimum atomic E-state index is 0.106. The molecule has 1 aliphatic heterocycles. The largest absolute Gasteiger partial charge is 0.337 e. The second kappa shape index (κ2) is 5.72. The van der Waals surface area contributed by atoms with Gasteiger partial charge in [0.1, 0.15) is 0 Å². The van der Waals surface area contributed by atoms with Gasteiger partial charge < -0.3 is 10.2 Å². The lowest BCUT2D eigenvalue weighted by molar-refractivity contribution is 0.0698. The summed E-state index contributed by atoms with van der Waals surface area (Å²) in [5, 5.41) is 3.95. The van der Waals surface area contributed by atoms with Gasteiger partial charge in [-0.05, 0) is 50.6 Å². The zero-order valence-electron chi connectivity index (χ0n) is 10.9. The lowest BCUT2D eigenvalue weighted by Crippen LogP contribution is -2.46. The molecule has 1 saturated heterocycles. The molecule has 0 spiro atoms. The molecule has 1 atom stereocenters. The highest BCUT2D eigenvalue weighted by atomic mass is 35.5. The molecule has 0 aromatic heterocycles. The van der Waals surface area contributed by atoms with Crippen molar-refractivity contribution in [1.29, 1.82) is 0 Å². The van der Waals surface area contributed by atoms with Crippen LogP contribution in [0.1, 0.15) is 28.8 Å². The molecule has 1 fully saturated rings. The van der Waals surface area contributed by atoms with Crippen LogP contribution in [0.4, 0.5) is 0 Å². The average Bonchev–Trinajstić information content (AvgIpc) is 2.41. The lowest BCUT2D eigenvalue weighted by atomic mass is 10.0. The number of halogens is 1. The number of rotatable bonds is 2. The van der Waals surface area contributed by atoms with E-state index in [9.17, 15) is 4.79 Å². The number of likely N-dealkylation sites (tertiary alicyclic amines) is 1. The van der Waals surface area contributed by atoms with E-state index in [1.807, 2.05) is 24.9 Å². The quantitative estimate of drug-likeness (QED) is 0.892. The molecule has 3 nitrogen and oxygen atoms in total. The van der Waals surface area contributed by atoms with Crippen molar-refractivity contribution in [2.24, 2.45) is 0 Å². The van der Waals surface area contributed by atoms with E-state index in [2.05, 4.69) is 5.32 Å². The van der Waals surface area contributed by atoms with Gasteiger partial charge in [-0.15, -0.1) is 0 Å². The number of benzene rings is 1. The van der Waals surface area contributed by atoms with Crippen molar-refractivity contribution in [3.8, 4) is 0 Å². The Labute approximate surface area is 113 Å². The second-order valence-corrected chi connectivity index (χ2v) is 5.25. The predicted molar refractivity (Wildman–Crippen MR) is 74.2 cm³/mol. The lowest BCUT2D eigenvalue weighted by Gasteiger charge is -2.32. The van der Waals surface area contributed by atoms with Gasteiger partial charge in [0, 0.05) is 29.7 Å². The fourth-order valence-electron chi connectivity index (χ4n) is 2.36. The zero-order chi connectivity index (χ0) is 13.1. The van der Waals surface area contributed by atoms with Crippen LogP contribution in [-0.4, -0.2) is 37.0 Å². The average molecular weight is 267 g/mol. The van der Waals surface area contributed by atoms with Gasteiger partial charge in [-0.1, -0.05) is 11.6 Å². The summed E-state index contributed by atoms with van der Waals surface area (Å²) in [6.45, 7) is 3.56. The van der Waals surface area contributed by atoms with Gasteiger partial charge in [-0.2, -0.15) is 0 Å². The van der Waals surface area contributed by atoms with Gasteiger partial charge in [0.05, 0.1) is 0 Å². The van der Waals surface area contributed by atoms with Gasteiger partial charge >= 0.3 is 0 Å². The molecule has 1 N–H and O–H groups in total. The number of hydrogen-bond acceptors (Lipinski definition) is 2. The molecular formula is C14H19ClN2O. The number of amides is 1. The Morgan fingerprint density at radius 1 is 1.50 bits per heavy atom. The summed E-state index contributed by atoms with van der Waals surface area (Å²) in [6.07, 6.45) is 2.20. The number of carbonyl (C=O) groups is 1. The van der Waals surface area contributed by atoms with Crippen LogP contribution >= 0.6 is 11.6 Å². The fourth-order valence-corrected chi connectivity index (χ4v) is 2.48. The highest BCUT2D eigenvalue weighted by Crippen LogP contribution is 2.19. The minimum Gasteiger partial charge on any atom is -0.337 e. The van der Waals surface area contributed by atoms with E-state index in [-0.39, 0.29) is 5.91 Å². The van der Waals surface area contributed by atoms with E-state index in [1.54, 1.807) is 12.1 Å². The van der Waals surface area contributed by atoms with Crippen molar-refractivity contribution in [1.82, 2.24) is 10.2 Å². The van der Waals surface area contributed by atoms with Crippen molar-refractivity contribution in [2.75, 3.05) is 20.1 Å². The summed E-state index contributed by atoms with van der Waals surface area (Å²) in [7, 11) is 1.95. The summed E-state index contributed by atoms with van der Waals surface area (Å²) in [4.78, 5) is 14.3. The summed E-state index contributed by atoms with van der Waals surface area (Å²) in [5.41, 5.74) is 1.68. The van der Waals surface area contributed by atoms with Gasteiger partial charge in [0.15, 0.2) is 0 Å². The Bertz CT molecular complexity index is 447. The monoisotopic (exact) mass is 266 g/mol. The first-order valence-corrected chi connectivity index (χ1v) is 6.72. The number of nitrogens with one attached hydrogen (secondary N) is 1. The van der Waals surface area contributed by atoms with Crippen LogP contribution in [0.25, 0.3) is 0 Å². The minimum absolute atomic E-state index is 0.106. The van der Waals surface area contributed by atoms with Crippen LogP contribution in [0, 0.1) is 6.92 Å². The molecule has 2 rings (SSSR count). The number of nitrogens with zero attached hydrogens (tertiary/aromatic N) is 1. The van der Waals surface area contributed by atoms with Gasteiger partial charge in [0.25, 0.3) is 5.91 Å². The van der Waals surface area contributed by atoms with Crippen LogP contribution in [0.5, 0.6) is 0 Å². The highest BCUT2D eigenvalue weighted by molar-refractivity contribution is 6.31. The van der Waals surface area contributed by atoms with Gasteiger partial charge in [0.2, 0.25) is 0 Å². The van der Waals surface area contributed by atoms with E-state index in [4.69, 9.17) is 11.6 Å². The molecule has 0 bridgehead atoms. The Hall–Kier alpha value is -1.06. The summed E-state index contributed by atoms with van der Waals surface area (Å²) < 4.78 is 0. The van der Waals surface area contributed by atoms with Crippen molar-refractivity contribution in [3.63, 3.8) is 0 Å². The van der Waals surface area contributed by atoms with E-state index in [0.717, 1.165) is 37.1 Å². The van der Waals surface area contributed by atoms with Crippen LogP contribution in [0.15, 0.2) is 18.2 Å². The van der Waals surface area contributed by atoms with E-state index in [0.29, 0.717) is 11.1 Å². The molecule has 1 aliphatic rings. The number of carbonyl (C=O) groups excluding carboxylic acids is 1. The van der Waals surface area contributed by atoms with E-state index >= 15 is 0 Å². The molecule has 1 heterocycles. The molecule has 0 unspecified atom stereocenters. The molecule has 98 valence electrons. The van der Waals surface area contributed by atoms with Crippen LogP contribution < -0.4 is 5.32 Å². The third-order valence-corrected chi connectivity index (χ3v) is 3.95. The third kappa shape index (κ3) is 2.85. The Morgan fingerprint density at radius 2 is 2.28 bits per heavy atom. The molecule has 4 heteroatoms. The SMILES string of the molecule is CN[C@@H]1CCCN(C(=O)c2ccc(Cl)c(C)c2)C1. The molecular weight excluding hydrogens is 248 g/mol. The number of piperidine rings is 1. The first kappa shape index (κ1) is 13.4. The van der Waals surface area contributed by atoms with Gasteiger partial charge in [-0.3, -0.25) is 4.79 Å². The molecule has 0 saturated carbocycles. The smallest absolute Gasteiger partial charge is 0.253 e. The Balaban J connectivity index is 2.12. The van der Waals surface area contributed by atoms with Crippen molar-refractivity contribution in [2.45, 2.75) is 25.8 Å². The maximum atomic E-state index is 12.4. The summed E-state index contributed by atoms with van der Waals surface area (Å²) in [6, 6.07) is 5.88. The van der Waals surface area contributed by atoms with Crippen LogP contribution in [-0.2, 0) is 0 Å². The Kier molecular flexibility index (Phi) is 4.25.